The van der Waals surface area contributed by atoms with E-state index in [9.17, 15) is 27.5 Å². The second kappa shape index (κ2) is 11.1. The van der Waals surface area contributed by atoms with Gasteiger partial charge in [-0.3, -0.25) is 4.79 Å². The Morgan fingerprint density at radius 3 is 2.12 bits per heavy atom. The number of carbonyl (C=O) groups excluding carboxylic acids is 1. The minimum absolute atomic E-state index is 0.187. The smallest absolute Gasteiger partial charge is 0.386 e. The van der Waals surface area contributed by atoms with E-state index in [1.165, 1.54) is 24.3 Å². The van der Waals surface area contributed by atoms with Crippen LogP contribution in [0.2, 0.25) is 0 Å². The van der Waals surface area contributed by atoms with Crippen molar-refractivity contribution in [3.63, 3.8) is 0 Å². The lowest BCUT2D eigenvalue weighted by Crippen LogP contribution is -2.41. The van der Waals surface area contributed by atoms with E-state index in [0.29, 0.717) is 12.0 Å². The predicted octanol–water partition coefficient (Wildman–Crippen LogP) is 5.63. The molecule has 3 aromatic carbocycles. The van der Waals surface area contributed by atoms with E-state index in [0.717, 1.165) is 24.1 Å². The van der Waals surface area contributed by atoms with Gasteiger partial charge >= 0.3 is 6.18 Å². The van der Waals surface area contributed by atoms with Gasteiger partial charge in [0.25, 0.3) is 0 Å². The van der Waals surface area contributed by atoms with Crippen molar-refractivity contribution in [1.82, 2.24) is 5.32 Å². The van der Waals surface area contributed by atoms with Crippen LogP contribution in [-0.2, 0) is 23.8 Å². The van der Waals surface area contributed by atoms with Gasteiger partial charge in [-0.2, -0.15) is 13.2 Å². The molecule has 2 atom stereocenters. The number of aliphatic hydroxyl groups is 1. The number of benzene rings is 3. The zero-order valence-corrected chi connectivity index (χ0v) is 17.9. The molecule has 2 unspecified atom stereocenters. The van der Waals surface area contributed by atoms with Crippen LogP contribution in [0.25, 0.3) is 0 Å². The van der Waals surface area contributed by atoms with Gasteiger partial charge in [0.2, 0.25) is 5.91 Å². The van der Waals surface area contributed by atoms with Crippen molar-refractivity contribution in [1.29, 1.82) is 0 Å². The summed E-state index contributed by atoms with van der Waals surface area (Å²) in [6, 6.07) is 18.8. The second-order valence-electron chi connectivity index (χ2n) is 7.91. The highest BCUT2D eigenvalue weighted by Gasteiger charge is 2.31. The van der Waals surface area contributed by atoms with Gasteiger partial charge < -0.3 is 10.4 Å². The van der Waals surface area contributed by atoms with E-state index in [1.807, 2.05) is 30.3 Å². The van der Waals surface area contributed by atoms with Crippen LogP contribution in [0.4, 0.5) is 17.6 Å². The summed E-state index contributed by atoms with van der Waals surface area (Å²) in [5.74, 6) is -0.687. The van der Waals surface area contributed by atoms with Gasteiger partial charge in [0.1, 0.15) is 5.82 Å². The Morgan fingerprint density at radius 2 is 1.52 bits per heavy atom. The van der Waals surface area contributed by atoms with Crippen LogP contribution in [0.15, 0.2) is 78.9 Å². The Balaban J connectivity index is 1.69. The maximum absolute atomic E-state index is 13.3. The topological polar surface area (TPSA) is 49.3 Å². The van der Waals surface area contributed by atoms with Gasteiger partial charge in [0.15, 0.2) is 0 Å². The molecule has 0 heterocycles. The summed E-state index contributed by atoms with van der Waals surface area (Å²) < 4.78 is 51.8. The van der Waals surface area contributed by atoms with Crippen LogP contribution in [0.5, 0.6) is 0 Å². The fourth-order valence-corrected chi connectivity index (χ4v) is 3.59. The molecule has 7 heteroatoms. The first-order valence-corrected chi connectivity index (χ1v) is 10.7. The molecule has 2 N–H and O–H groups in total. The fraction of sp³-hybridized carbons (Fsp3) is 0.269. The molecule has 0 saturated carbocycles. The van der Waals surface area contributed by atoms with Crippen LogP contribution in [0, 0.1) is 5.82 Å². The van der Waals surface area contributed by atoms with Gasteiger partial charge in [0.05, 0.1) is 17.7 Å². The largest absolute Gasteiger partial charge is 0.416 e. The number of amides is 1. The van der Waals surface area contributed by atoms with Gasteiger partial charge in [-0.25, -0.2) is 4.39 Å². The Labute approximate surface area is 190 Å². The minimum atomic E-state index is -4.48. The van der Waals surface area contributed by atoms with E-state index < -0.39 is 29.7 Å². The molecule has 0 radical (unpaired) electrons. The van der Waals surface area contributed by atoms with Crippen LogP contribution in [0.3, 0.4) is 0 Å². The number of hydrogen-bond acceptors (Lipinski definition) is 2. The normalized spacial score (nSPS) is 13.4. The SMILES string of the molecule is O=C(CCCc1ccccc1)NC(Cc1ccc(F)cc1)C(O)c1ccc(C(F)(F)F)cc1. The van der Waals surface area contributed by atoms with Crippen LogP contribution >= 0.6 is 0 Å². The molecule has 3 rings (SSSR count). The number of aliphatic hydroxyl groups excluding tert-OH is 1. The highest BCUT2D eigenvalue weighted by molar-refractivity contribution is 5.76. The Hall–Kier alpha value is -3.19. The lowest BCUT2D eigenvalue weighted by Gasteiger charge is -2.25. The van der Waals surface area contributed by atoms with Crippen LogP contribution in [-0.4, -0.2) is 17.1 Å². The predicted molar refractivity (Wildman–Crippen MR) is 118 cm³/mol. The molecular formula is C26H25F4NO2. The molecule has 1 amide bonds. The lowest BCUT2D eigenvalue weighted by molar-refractivity contribution is -0.137. The minimum Gasteiger partial charge on any atom is -0.386 e. The molecule has 0 aliphatic carbocycles. The summed E-state index contributed by atoms with van der Waals surface area (Å²) in [5, 5.41) is 13.7. The maximum Gasteiger partial charge on any atom is 0.416 e. The number of hydrogen-bond donors (Lipinski definition) is 2. The molecule has 0 bridgehead atoms. The first-order valence-electron chi connectivity index (χ1n) is 10.7. The highest BCUT2D eigenvalue weighted by atomic mass is 19.4. The Kier molecular flexibility index (Phi) is 8.22. The zero-order valence-electron chi connectivity index (χ0n) is 17.9. The molecule has 0 aliphatic heterocycles. The maximum atomic E-state index is 13.3. The average molecular weight is 459 g/mol. The molecule has 0 aromatic heterocycles. The van der Waals surface area contributed by atoms with E-state index in [2.05, 4.69) is 5.32 Å². The second-order valence-corrected chi connectivity index (χ2v) is 7.91. The molecule has 174 valence electrons. The van der Waals surface area contributed by atoms with Crippen molar-refractivity contribution >= 4 is 5.91 Å². The average Bonchev–Trinajstić information content (AvgIpc) is 2.80. The van der Waals surface area contributed by atoms with Crippen LogP contribution in [0.1, 0.15) is 41.2 Å². The number of aryl methyl sites for hydroxylation is 1. The van der Waals surface area contributed by atoms with Crippen molar-refractivity contribution < 1.29 is 27.5 Å². The van der Waals surface area contributed by atoms with Gasteiger partial charge in [-0.1, -0.05) is 54.6 Å². The Bertz CT molecular complexity index is 1020. The van der Waals surface area contributed by atoms with E-state index in [-0.39, 0.29) is 24.3 Å². The Morgan fingerprint density at radius 1 is 0.879 bits per heavy atom. The van der Waals surface area contributed by atoms with Gasteiger partial charge in [-0.05, 0) is 60.2 Å². The van der Waals surface area contributed by atoms with Gasteiger partial charge in [-0.15, -0.1) is 0 Å². The summed E-state index contributed by atoms with van der Waals surface area (Å²) in [4.78, 5) is 12.6. The summed E-state index contributed by atoms with van der Waals surface area (Å²) >= 11 is 0. The molecule has 33 heavy (non-hydrogen) atoms. The number of carbonyl (C=O) groups is 1. The molecule has 0 aliphatic rings. The first kappa shape index (κ1) is 24.5. The summed E-state index contributed by atoms with van der Waals surface area (Å²) in [6.07, 6.45) is -3.98. The zero-order chi connectivity index (χ0) is 23.8. The van der Waals surface area contributed by atoms with Gasteiger partial charge in [0, 0.05) is 6.42 Å². The number of rotatable bonds is 9. The van der Waals surface area contributed by atoms with Crippen molar-refractivity contribution in [2.75, 3.05) is 0 Å². The standard InChI is InChI=1S/C26H25F4NO2/c27-22-15-9-19(10-16-22)17-23(25(33)20-11-13-21(14-12-20)26(28,29)30)31-24(32)8-4-7-18-5-2-1-3-6-18/h1-3,5-6,9-16,23,25,33H,4,7-8,17H2,(H,31,32). The molecule has 0 fully saturated rings. The van der Waals surface area contributed by atoms with Crippen molar-refractivity contribution in [2.45, 2.75) is 44.0 Å². The highest BCUT2D eigenvalue weighted by Crippen LogP contribution is 2.30. The van der Waals surface area contributed by atoms with Crippen molar-refractivity contribution in [3.05, 3.63) is 107 Å². The van der Waals surface area contributed by atoms with E-state index >= 15 is 0 Å². The van der Waals surface area contributed by atoms with Crippen LogP contribution < -0.4 is 5.32 Å². The number of alkyl halides is 3. The van der Waals surface area contributed by atoms with E-state index in [4.69, 9.17) is 0 Å². The summed E-state index contributed by atoms with van der Waals surface area (Å²) in [6.45, 7) is 0. The van der Waals surface area contributed by atoms with E-state index in [1.54, 1.807) is 12.1 Å². The quantitative estimate of drug-likeness (QED) is 0.408. The molecule has 3 nitrogen and oxygen atoms in total. The molecular weight excluding hydrogens is 434 g/mol. The van der Waals surface area contributed by atoms with Crippen molar-refractivity contribution in [3.8, 4) is 0 Å². The third kappa shape index (κ3) is 7.43. The molecule has 3 aromatic rings. The number of halogens is 4. The summed E-state index contributed by atoms with van der Waals surface area (Å²) in [5.41, 5.74) is 1.22. The molecule has 0 spiro atoms. The monoisotopic (exact) mass is 459 g/mol. The fourth-order valence-electron chi connectivity index (χ4n) is 3.59. The summed E-state index contributed by atoms with van der Waals surface area (Å²) in [7, 11) is 0. The van der Waals surface area contributed by atoms with Crippen molar-refractivity contribution in [2.24, 2.45) is 0 Å². The number of nitrogens with one attached hydrogen (secondary N) is 1. The third-order valence-electron chi connectivity index (χ3n) is 5.39. The lowest BCUT2D eigenvalue weighted by atomic mass is 9.95. The first-order chi connectivity index (χ1) is 15.7. The molecule has 0 saturated heterocycles. The third-order valence-corrected chi connectivity index (χ3v) is 5.39.